The normalized spacial score (nSPS) is 11.7. The number of rotatable bonds is 4. The van der Waals surface area contributed by atoms with Crippen molar-refractivity contribution in [1.29, 1.82) is 0 Å². The van der Waals surface area contributed by atoms with Crippen LogP contribution < -0.4 is 10.6 Å². The van der Waals surface area contributed by atoms with Gasteiger partial charge in [-0.1, -0.05) is 24.3 Å². The van der Waals surface area contributed by atoms with Crippen molar-refractivity contribution in [3.8, 4) is 0 Å². The molecule has 0 radical (unpaired) electrons. The van der Waals surface area contributed by atoms with Crippen LogP contribution in [0.4, 0.5) is 4.79 Å². The molecular weight excluding hydrogens is 252 g/mol. The Labute approximate surface area is 112 Å². The van der Waals surface area contributed by atoms with Crippen molar-refractivity contribution in [1.82, 2.24) is 10.6 Å². The molecule has 5 heteroatoms. The third kappa shape index (κ3) is 4.75. The molecule has 0 saturated carbocycles. The van der Waals surface area contributed by atoms with E-state index >= 15 is 0 Å². The van der Waals surface area contributed by atoms with Gasteiger partial charge in [0.1, 0.15) is 5.38 Å². The fraction of sp³-hybridized carbons (Fsp3) is 0.385. The van der Waals surface area contributed by atoms with Gasteiger partial charge >= 0.3 is 6.03 Å². The second-order valence-corrected chi connectivity index (χ2v) is 4.69. The molecule has 0 fully saturated rings. The molecule has 0 aliphatic carbocycles. The molecule has 18 heavy (non-hydrogen) atoms. The van der Waals surface area contributed by atoms with Crippen molar-refractivity contribution in [3.05, 3.63) is 35.4 Å². The molecule has 0 aliphatic rings. The van der Waals surface area contributed by atoms with Gasteiger partial charge in [0.05, 0.1) is 0 Å². The highest BCUT2D eigenvalue weighted by molar-refractivity contribution is 6.31. The first-order chi connectivity index (χ1) is 8.50. The number of imide groups is 1. The molecule has 0 bridgehead atoms. The third-order valence-corrected chi connectivity index (χ3v) is 2.74. The van der Waals surface area contributed by atoms with E-state index in [-0.39, 0.29) is 0 Å². The van der Waals surface area contributed by atoms with Gasteiger partial charge in [0, 0.05) is 6.54 Å². The minimum Gasteiger partial charge on any atom is -0.337 e. The second kappa shape index (κ2) is 7.01. The quantitative estimate of drug-likeness (QED) is 0.821. The van der Waals surface area contributed by atoms with Crippen LogP contribution in [0.1, 0.15) is 18.1 Å². The third-order valence-electron chi connectivity index (χ3n) is 2.54. The molecule has 0 spiro atoms. The molecule has 0 aliphatic heterocycles. The van der Waals surface area contributed by atoms with Crippen LogP contribution in [0.2, 0.25) is 0 Å². The van der Waals surface area contributed by atoms with Crippen molar-refractivity contribution in [2.24, 2.45) is 0 Å². The highest BCUT2D eigenvalue weighted by Crippen LogP contribution is 2.06. The first kappa shape index (κ1) is 14.5. The predicted molar refractivity (Wildman–Crippen MR) is 71.7 cm³/mol. The van der Waals surface area contributed by atoms with Crippen LogP contribution in [0.25, 0.3) is 0 Å². The van der Waals surface area contributed by atoms with Crippen molar-refractivity contribution in [2.75, 3.05) is 6.54 Å². The Morgan fingerprint density at radius 3 is 2.61 bits per heavy atom. The van der Waals surface area contributed by atoms with E-state index in [0.29, 0.717) is 6.54 Å². The molecule has 2 N–H and O–H groups in total. The van der Waals surface area contributed by atoms with Crippen LogP contribution in [-0.2, 0) is 11.2 Å². The van der Waals surface area contributed by atoms with Crippen LogP contribution in [-0.4, -0.2) is 23.9 Å². The topological polar surface area (TPSA) is 58.2 Å². The summed E-state index contributed by atoms with van der Waals surface area (Å²) in [5.41, 5.74) is 2.36. The number of carbonyl (C=O) groups is 2. The van der Waals surface area contributed by atoms with E-state index in [1.165, 1.54) is 18.1 Å². The van der Waals surface area contributed by atoms with Crippen LogP contribution in [0.15, 0.2) is 24.3 Å². The minimum absolute atomic E-state index is 0.473. The summed E-state index contributed by atoms with van der Waals surface area (Å²) in [4.78, 5) is 22.5. The fourth-order valence-electron chi connectivity index (χ4n) is 1.46. The van der Waals surface area contributed by atoms with E-state index in [9.17, 15) is 9.59 Å². The van der Waals surface area contributed by atoms with Gasteiger partial charge in [-0.05, 0) is 31.4 Å². The SMILES string of the molecule is Cc1ccccc1CCNC(=O)NC(=O)C(C)Cl. The zero-order valence-electron chi connectivity index (χ0n) is 10.5. The van der Waals surface area contributed by atoms with Gasteiger partial charge in [0.25, 0.3) is 0 Å². The number of amides is 3. The average Bonchev–Trinajstić information content (AvgIpc) is 2.31. The van der Waals surface area contributed by atoms with E-state index in [0.717, 1.165) is 6.42 Å². The molecule has 0 saturated heterocycles. The van der Waals surface area contributed by atoms with Gasteiger partial charge in [-0.3, -0.25) is 10.1 Å². The number of halogens is 1. The summed E-state index contributed by atoms with van der Waals surface area (Å²) in [6.45, 7) is 4.01. The zero-order valence-corrected chi connectivity index (χ0v) is 11.3. The number of urea groups is 1. The number of hydrogen-bond donors (Lipinski definition) is 2. The van der Waals surface area contributed by atoms with E-state index < -0.39 is 17.3 Å². The monoisotopic (exact) mass is 268 g/mol. The molecular formula is C13H17ClN2O2. The number of hydrogen-bond acceptors (Lipinski definition) is 2. The molecule has 98 valence electrons. The highest BCUT2D eigenvalue weighted by atomic mass is 35.5. The van der Waals surface area contributed by atoms with E-state index in [1.807, 2.05) is 31.2 Å². The molecule has 0 heterocycles. The molecule has 1 aromatic rings. The number of benzene rings is 1. The number of nitrogens with one attached hydrogen (secondary N) is 2. The van der Waals surface area contributed by atoms with Crippen LogP contribution in [0.5, 0.6) is 0 Å². The molecule has 1 aromatic carbocycles. The summed E-state index contributed by atoms with van der Waals surface area (Å²) >= 11 is 5.53. The second-order valence-electron chi connectivity index (χ2n) is 4.04. The van der Waals surface area contributed by atoms with E-state index in [4.69, 9.17) is 11.6 Å². The first-order valence-electron chi connectivity index (χ1n) is 5.78. The van der Waals surface area contributed by atoms with Crippen molar-refractivity contribution < 1.29 is 9.59 Å². The van der Waals surface area contributed by atoms with Gasteiger partial charge < -0.3 is 5.32 Å². The molecule has 0 aromatic heterocycles. The van der Waals surface area contributed by atoms with Gasteiger partial charge in [0.2, 0.25) is 5.91 Å². The minimum atomic E-state index is -0.716. The highest BCUT2D eigenvalue weighted by Gasteiger charge is 2.12. The summed E-state index contributed by atoms with van der Waals surface area (Å²) in [5.74, 6) is -0.495. The lowest BCUT2D eigenvalue weighted by Gasteiger charge is -2.08. The van der Waals surface area contributed by atoms with Gasteiger partial charge in [0.15, 0.2) is 0 Å². The Kier molecular flexibility index (Phi) is 5.65. The molecule has 1 atom stereocenters. The maximum atomic E-state index is 11.3. The Morgan fingerprint density at radius 2 is 2.00 bits per heavy atom. The van der Waals surface area contributed by atoms with Crippen LogP contribution in [0.3, 0.4) is 0 Å². The van der Waals surface area contributed by atoms with E-state index in [2.05, 4.69) is 10.6 Å². The average molecular weight is 269 g/mol. The Hall–Kier alpha value is -1.55. The molecule has 3 amide bonds. The smallest absolute Gasteiger partial charge is 0.321 e. The standard InChI is InChI=1S/C13H17ClN2O2/c1-9-5-3-4-6-11(9)7-8-15-13(18)16-12(17)10(2)14/h3-6,10H,7-8H2,1-2H3,(H2,15,16,17,18). The lowest BCUT2D eigenvalue weighted by Crippen LogP contribution is -2.42. The van der Waals surface area contributed by atoms with E-state index in [1.54, 1.807) is 0 Å². The van der Waals surface area contributed by atoms with Crippen molar-refractivity contribution >= 4 is 23.5 Å². The van der Waals surface area contributed by atoms with Crippen LogP contribution >= 0.6 is 11.6 Å². The van der Waals surface area contributed by atoms with Crippen molar-refractivity contribution in [2.45, 2.75) is 25.6 Å². The fourth-order valence-corrected chi connectivity index (χ4v) is 1.51. The Bertz CT molecular complexity index is 433. The van der Waals surface area contributed by atoms with Gasteiger partial charge in [-0.15, -0.1) is 11.6 Å². The molecule has 1 rings (SSSR count). The zero-order chi connectivity index (χ0) is 13.5. The van der Waals surface area contributed by atoms with Crippen molar-refractivity contribution in [3.63, 3.8) is 0 Å². The lowest BCUT2D eigenvalue weighted by atomic mass is 10.1. The van der Waals surface area contributed by atoms with Gasteiger partial charge in [-0.25, -0.2) is 4.79 Å². The maximum absolute atomic E-state index is 11.3. The Morgan fingerprint density at radius 1 is 1.33 bits per heavy atom. The molecule has 1 unspecified atom stereocenters. The van der Waals surface area contributed by atoms with Crippen LogP contribution in [0, 0.1) is 6.92 Å². The number of alkyl halides is 1. The summed E-state index contributed by atoms with van der Waals surface area (Å²) in [6.07, 6.45) is 0.727. The largest absolute Gasteiger partial charge is 0.337 e. The number of carbonyl (C=O) groups excluding carboxylic acids is 2. The summed E-state index contributed by atoms with van der Waals surface area (Å²) in [5, 5.41) is 4.06. The van der Waals surface area contributed by atoms with Gasteiger partial charge in [-0.2, -0.15) is 0 Å². The predicted octanol–water partition coefficient (Wildman–Crippen LogP) is 1.99. The first-order valence-corrected chi connectivity index (χ1v) is 6.21. The molecule has 4 nitrogen and oxygen atoms in total. The number of aryl methyl sites for hydroxylation is 1. The summed E-state index contributed by atoms with van der Waals surface area (Å²) in [6, 6.07) is 7.45. The Balaban J connectivity index is 2.32. The summed E-state index contributed by atoms with van der Waals surface area (Å²) < 4.78 is 0. The maximum Gasteiger partial charge on any atom is 0.321 e. The lowest BCUT2D eigenvalue weighted by molar-refractivity contribution is -0.119. The summed E-state index contributed by atoms with van der Waals surface area (Å²) in [7, 11) is 0.